The van der Waals surface area contributed by atoms with E-state index in [4.69, 9.17) is 9.47 Å². The van der Waals surface area contributed by atoms with Crippen LogP contribution in [-0.2, 0) is 16.1 Å². The molecule has 1 aromatic heterocycles. The third-order valence-electron chi connectivity index (χ3n) is 2.78. The zero-order valence-corrected chi connectivity index (χ0v) is 10.5. The molecule has 0 aliphatic carbocycles. The van der Waals surface area contributed by atoms with Gasteiger partial charge in [0.05, 0.1) is 6.10 Å². The van der Waals surface area contributed by atoms with Crippen molar-refractivity contribution in [2.45, 2.75) is 25.6 Å². The minimum absolute atomic E-state index is 0.405. The first-order valence-corrected chi connectivity index (χ1v) is 6.20. The summed E-state index contributed by atoms with van der Waals surface area (Å²) in [6.45, 7) is 2.49. The van der Waals surface area contributed by atoms with Crippen LogP contribution in [0.15, 0.2) is 0 Å². The number of piperidine rings is 1. The third kappa shape index (κ3) is 2.69. The minimum Gasteiger partial charge on any atom is -0.381 e. The lowest BCUT2D eigenvalue weighted by molar-refractivity contribution is 0.0819. The molecule has 0 atom stereocenters. The standard InChI is InChI=1S/C10H17N3O2S/c1-14-7-9-11-10(16-12-9)13-5-3-8(15-2)4-6-13/h8H,3-7H2,1-2H3. The predicted octanol–water partition coefficient (Wildman–Crippen LogP) is 1.30. The zero-order chi connectivity index (χ0) is 11.4. The van der Waals surface area contributed by atoms with Crippen molar-refractivity contribution < 1.29 is 9.47 Å². The van der Waals surface area contributed by atoms with Crippen LogP contribution in [0.1, 0.15) is 18.7 Å². The van der Waals surface area contributed by atoms with Crippen molar-refractivity contribution in [1.82, 2.24) is 9.36 Å². The monoisotopic (exact) mass is 243 g/mol. The van der Waals surface area contributed by atoms with Crippen molar-refractivity contribution in [3.8, 4) is 0 Å². The van der Waals surface area contributed by atoms with E-state index in [1.54, 1.807) is 14.2 Å². The van der Waals surface area contributed by atoms with Gasteiger partial charge in [0.1, 0.15) is 6.61 Å². The van der Waals surface area contributed by atoms with E-state index in [9.17, 15) is 0 Å². The highest BCUT2D eigenvalue weighted by Crippen LogP contribution is 2.22. The fourth-order valence-corrected chi connectivity index (χ4v) is 2.57. The lowest BCUT2D eigenvalue weighted by Crippen LogP contribution is -2.36. The molecule has 6 heteroatoms. The van der Waals surface area contributed by atoms with Crippen molar-refractivity contribution in [1.29, 1.82) is 0 Å². The minimum atomic E-state index is 0.405. The van der Waals surface area contributed by atoms with Gasteiger partial charge in [-0.3, -0.25) is 0 Å². The number of hydrogen-bond donors (Lipinski definition) is 0. The van der Waals surface area contributed by atoms with Crippen LogP contribution in [0.3, 0.4) is 0 Å². The molecule has 1 aliphatic heterocycles. The smallest absolute Gasteiger partial charge is 0.205 e. The molecule has 0 amide bonds. The summed E-state index contributed by atoms with van der Waals surface area (Å²) < 4.78 is 14.6. The van der Waals surface area contributed by atoms with E-state index < -0.39 is 0 Å². The van der Waals surface area contributed by atoms with Crippen LogP contribution in [0.2, 0.25) is 0 Å². The summed E-state index contributed by atoms with van der Waals surface area (Å²) in [6.07, 6.45) is 2.54. The Hall–Kier alpha value is -0.720. The average molecular weight is 243 g/mol. The highest BCUT2D eigenvalue weighted by atomic mass is 32.1. The maximum atomic E-state index is 5.34. The van der Waals surface area contributed by atoms with E-state index in [2.05, 4.69) is 14.3 Å². The Labute approximate surface area is 99.6 Å². The van der Waals surface area contributed by atoms with E-state index in [0.717, 1.165) is 36.9 Å². The van der Waals surface area contributed by atoms with Crippen LogP contribution >= 0.6 is 11.5 Å². The molecule has 1 saturated heterocycles. The fourth-order valence-electron chi connectivity index (χ4n) is 1.84. The van der Waals surface area contributed by atoms with E-state index in [0.29, 0.717) is 12.7 Å². The van der Waals surface area contributed by atoms with Gasteiger partial charge in [-0.25, -0.2) is 4.98 Å². The molecule has 5 nitrogen and oxygen atoms in total. The largest absolute Gasteiger partial charge is 0.381 e. The van der Waals surface area contributed by atoms with E-state index in [1.807, 2.05) is 0 Å². The molecule has 0 spiro atoms. The van der Waals surface area contributed by atoms with Crippen molar-refractivity contribution in [3.05, 3.63) is 5.82 Å². The van der Waals surface area contributed by atoms with Crippen LogP contribution < -0.4 is 4.90 Å². The summed E-state index contributed by atoms with van der Waals surface area (Å²) in [5.74, 6) is 0.774. The Morgan fingerprint density at radius 2 is 2.12 bits per heavy atom. The van der Waals surface area contributed by atoms with Crippen LogP contribution in [0.5, 0.6) is 0 Å². The zero-order valence-electron chi connectivity index (χ0n) is 9.68. The number of nitrogens with zero attached hydrogens (tertiary/aromatic N) is 3. The second-order valence-electron chi connectivity index (χ2n) is 3.85. The maximum Gasteiger partial charge on any atom is 0.205 e. The number of hydrogen-bond acceptors (Lipinski definition) is 6. The van der Waals surface area contributed by atoms with Crippen LogP contribution in [0.4, 0.5) is 5.13 Å². The topological polar surface area (TPSA) is 47.5 Å². The second kappa shape index (κ2) is 5.56. The van der Waals surface area contributed by atoms with Crippen LogP contribution in [0, 0.1) is 0 Å². The molecule has 0 bridgehead atoms. The molecular weight excluding hydrogens is 226 g/mol. The predicted molar refractivity (Wildman–Crippen MR) is 62.9 cm³/mol. The Morgan fingerprint density at radius 1 is 1.38 bits per heavy atom. The average Bonchev–Trinajstić information content (AvgIpc) is 2.78. The van der Waals surface area contributed by atoms with Gasteiger partial charge in [-0.2, -0.15) is 4.37 Å². The highest BCUT2D eigenvalue weighted by Gasteiger charge is 2.21. The molecule has 2 rings (SSSR count). The number of methoxy groups -OCH3 is 2. The summed E-state index contributed by atoms with van der Waals surface area (Å²) in [5, 5.41) is 1.00. The van der Waals surface area contributed by atoms with Crippen LogP contribution in [0.25, 0.3) is 0 Å². The van der Waals surface area contributed by atoms with Crippen LogP contribution in [-0.4, -0.2) is 42.8 Å². The van der Waals surface area contributed by atoms with Gasteiger partial charge in [-0.05, 0) is 12.8 Å². The molecule has 0 N–H and O–H groups in total. The Bertz CT molecular complexity index is 324. The van der Waals surface area contributed by atoms with Gasteiger partial charge in [-0.15, -0.1) is 0 Å². The summed E-state index contributed by atoms with van der Waals surface area (Å²) in [6, 6.07) is 0. The van der Waals surface area contributed by atoms with Gasteiger partial charge in [0.2, 0.25) is 5.13 Å². The molecule has 0 unspecified atom stereocenters. The van der Waals surface area contributed by atoms with Gasteiger partial charge in [-0.1, -0.05) is 0 Å². The SMILES string of the molecule is COCc1nsc(N2CCC(OC)CC2)n1. The molecule has 1 aromatic rings. The van der Waals surface area contributed by atoms with Crippen molar-refractivity contribution in [2.24, 2.45) is 0 Å². The number of rotatable bonds is 4. The summed E-state index contributed by atoms with van der Waals surface area (Å²) in [4.78, 5) is 6.71. The lowest BCUT2D eigenvalue weighted by Gasteiger charge is -2.30. The van der Waals surface area contributed by atoms with Gasteiger partial charge >= 0.3 is 0 Å². The first kappa shape index (κ1) is 11.8. The summed E-state index contributed by atoms with van der Waals surface area (Å²) in [7, 11) is 3.44. The van der Waals surface area contributed by atoms with Gasteiger partial charge in [0.25, 0.3) is 0 Å². The second-order valence-corrected chi connectivity index (χ2v) is 4.58. The summed E-state index contributed by atoms with van der Waals surface area (Å²) in [5.41, 5.74) is 0. The van der Waals surface area contributed by atoms with E-state index in [-0.39, 0.29) is 0 Å². The quantitative estimate of drug-likeness (QED) is 0.797. The highest BCUT2D eigenvalue weighted by molar-refractivity contribution is 7.09. The maximum absolute atomic E-state index is 5.34. The first-order chi connectivity index (χ1) is 7.83. The molecule has 0 saturated carbocycles. The normalized spacial score (nSPS) is 18.0. The Morgan fingerprint density at radius 3 is 2.75 bits per heavy atom. The first-order valence-electron chi connectivity index (χ1n) is 5.42. The molecule has 1 fully saturated rings. The van der Waals surface area contributed by atoms with E-state index in [1.165, 1.54) is 11.5 Å². The lowest BCUT2D eigenvalue weighted by atomic mass is 10.1. The fraction of sp³-hybridized carbons (Fsp3) is 0.800. The van der Waals surface area contributed by atoms with Gasteiger partial charge in [0, 0.05) is 38.8 Å². The van der Waals surface area contributed by atoms with Crippen molar-refractivity contribution in [3.63, 3.8) is 0 Å². The third-order valence-corrected chi connectivity index (χ3v) is 3.59. The van der Waals surface area contributed by atoms with E-state index >= 15 is 0 Å². The molecule has 90 valence electrons. The van der Waals surface area contributed by atoms with Crippen molar-refractivity contribution in [2.75, 3.05) is 32.2 Å². The molecule has 2 heterocycles. The Kier molecular flexibility index (Phi) is 4.09. The van der Waals surface area contributed by atoms with Crippen molar-refractivity contribution >= 4 is 16.7 Å². The number of aromatic nitrogens is 2. The molecule has 16 heavy (non-hydrogen) atoms. The molecular formula is C10H17N3O2S. The summed E-state index contributed by atoms with van der Waals surface area (Å²) >= 11 is 1.45. The molecule has 0 aromatic carbocycles. The molecule has 1 aliphatic rings. The number of anilines is 1. The van der Waals surface area contributed by atoms with Gasteiger partial charge in [0.15, 0.2) is 5.82 Å². The van der Waals surface area contributed by atoms with Gasteiger partial charge < -0.3 is 14.4 Å². The molecule has 0 radical (unpaired) electrons. The number of ether oxygens (including phenoxy) is 2. The Balaban J connectivity index is 1.92.